The number of esters is 1. The first-order valence-electron chi connectivity index (χ1n) is 10.5. The van der Waals surface area contributed by atoms with Crippen LogP contribution in [0.3, 0.4) is 0 Å². The molecule has 0 unspecified atom stereocenters. The Balaban J connectivity index is 2.34. The van der Waals surface area contributed by atoms with E-state index in [0.717, 1.165) is 24.2 Å². The summed E-state index contributed by atoms with van der Waals surface area (Å²) in [6.07, 6.45) is 16.4. The number of allylic oxidation sites excluding steroid dienone is 2. The van der Waals surface area contributed by atoms with E-state index in [1.807, 2.05) is 48.6 Å². The average Bonchev–Trinajstić information content (AvgIpc) is 2.71. The van der Waals surface area contributed by atoms with Gasteiger partial charge in [0.1, 0.15) is 5.75 Å². The fourth-order valence-corrected chi connectivity index (χ4v) is 2.83. The van der Waals surface area contributed by atoms with Crippen LogP contribution in [-0.4, -0.2) is 30.9 Å². The molecule has 28 heavy (non-hydrogen) atoms. The molecule has 1 rings (SSSR count). The van der Waals surface area contributed by atoms with E-state index in [9.17, 15) is 9.90 Å². The zero-order valence-corrected chi connectivity index (χ0v) is 17.4. The highest BCUT2D eigenvalue weighted by Gasteiger charge is 2.03. The summed E-state index contributed by atoms with van der Waals surface area (Å²) in [5.41, 5.74) is 0.968. The number of ether oxygens (including phenoxy) is 2. The fraction of sp³-hybridized carbons (Fsp3) is 0.542. The van der Waals surface area contributed by atoms with Crippen LogP contribution in [0.1, 0.15) is 70.3 Å². The molecule has 1 atom stereocenters. The van der Waals surface area contributed by atoms with Gasteiger partial charge in [-0.2, -0.15) is 0 Å². The molecule has 156 valence electrons. The molecule has 0 fully saturated rings. The Kier molecular flexibility index (Phi) is 13.6. The second kappa shape index (κ2) is 15.9. The van der Waals surface area contributed by atoms with Gasteiger partial charge in [0, 0.05) is 12.0 Å². The van der Waals surface area contributed by atoms with Crippen LogP contribution in [0.2, 0.25) is 0 Å². The van der Waals surface area contributed by atoms with E-state index in [4.69, 9.17) is 4.74 Å². The summed E-state index contributed by atoms with van der Waals surface area (Å²) in [5.74, 6) is 0.561. The van der Waals surface area contributed by atoms with Crippen molar-refractivity contribution >= 4 is 12.0 Å². The lowest BCUT2D eigenvalue weighted by atomic mass is 10.1. The second-order valence-corrected chi connectivity index (χ2v) is 6.93. The lowest BCUT2D eigenvalue weighted by molar-refractivity contribution is -0.140. The molecule has 0 aliphatic heterocycles. The summed E-state index contributed by atoms with van der Waals surface area (Å²) < 4.78 is 10.4. The molecular formula is C24H36O4. The summed E-state index contributed by atoms with van der Waals surface area (Å²) in [7, 11) is 1.39. The van der Waals surface area contributed by atoms with Crippen LogP contribution in [0.25, 0.3) is 6.08 Å². The van der Waals surface area contributed by atoms with Crippen molar-refractivity contribution in [3.8, 4) is 5.75 Å². The molecule has 1 aromatic carbocycles. The monoisotopic (exact) mass is 388 g/mol. The van der Waals surface area contributed by atoms with Gasteiger partial charge in [0.2, 0.25) is 0 Å². The molecule has 4 nitrogen and oxygen atoms in total. The number of carbonyl (C=O) groups excluding carboxylic acids is 1. The SMILES string of the molecule is CCCCCCCC[C@H](O)/C=C/C=C/c1ccccc1OCCCC(=O)OC. The Labute approximate surface area is 170 Å². The maximum Gasteiger partial charge on any atom is 0.305 e. The number of unbranched alkanes of at least 4 members (excludes halogenated alkanes) is 5. The van der Waals surface area contributed by atoms with Crippen LogP contribution >= 0.6 is 0 Å². The first-order chi connectivity index (χ1) is 13.7. The van der Waals surface area contributed by atoms with E-state index in [1.54, 1.807) is 0 Å². The van der Waals surface area contributed by atoms with Crippen molar-refractivity contribution in [2.75, 3.05) is 13.7 Å². The van der Waals surface area contributed by atoms with Gasteiger partial charge >= 0.3 is 5.97 Å². The van der Waals surface area contributed by atoms with Gasteiger partial charge in [-0.15, -0.1) is 0 Å². The van der Waals surface area contributed by atoms with Crippen molar-refractivity contribution in [2.24, 2.45) is 0 Å². The second-order valence-electron chi connectivity index (χ2n) is 6.93. The van der Waals surface area contributed by atoms with Gasteiger partial charge in [-0.05, 0) is 18.9 Å². The molecule has 1 N–H and O–H groups in total. The first-order valence-corrected chi connectivity index (χ1v) is 10.5. The van der Waals surface area contributed by atoms with E-state index < -0.39 is 0 Å². The van der Waals surface area contributed by atoms with Gasteiger partial charge in [0.25, 0.3) is 0 Å². The van der Waals surface area contributed by atoms with Crippen LogP contribution in [0.15, 0.2) is 42.5 Å². The van der Waals surface area contributed by atoms with Gasteiger partial charge in [-0.3, -0.25) is 4.79 Å². The Morgan fingerprint density at radius 3 is 2.61 bits per heavy atom. The molecule has 0 saturated heterocycles. The fourth-order valence-electron chi connectivity index (χ4n) is 2.83. The highest BCUT2D eigenvalue weighted by molar-refractivity contribution is 5.69. The molecule has 4 heteroatoms. The molecule has 0 aliphatic rings. The highest BCUT2D eigenvalue weighted by atomic mass is 16.5. The van der Waals surface area contributed by atoms with E-state index in [0.29, 0.717) is 19.4 Å². The summed E-state index contributed by atoms with van der Waals surface area (Å²) in [6.45, 7) is 2.69. The van der Waals surface area contributed by atoms with Gasteiger partial charge in [0.15, 0.2) is 0 Å². The smallest absolute Gasteiger partial charge is 0.305 e. The normalized spacial score (nSPS) is 12.5. The van der Waals surface area contributed by atoms with Crippen LogP contribution in [-0.2, 0) is 9.53 Å². The Hall–Kier alpha value is -2.07. The van der Waals surface area contributed by atoms with Crippen molar-refractivity contribution in [3.63, 3.8) is 0 Å². The number of benzene rings is 1. The number of para-hydroxylation sites is 1. The maximum absolute atomic E-state index is 11.1. The highest BCUT2D eigenvalue weighted by Crippen LogP contribution is 2.20. The quantitative estimate of drug-likeness (QED) is 0.238. The van der Waals surface area contributed by atoms with Crippen LogP contribution in [0, 0.1) is 0 Å². The summed E-state index contributed by atoms with van der Waals surface area (Å²) in [5, 5.41) is 10.0. The van der Waals surface area contributed by atoms with Crippen molar-refractivity contribution in [2.45, 2.75) is 70.8 Å². The van der Waals surface area contributed by atoms with Crippen LogP contribution in [0.4, 0.5) is 0 Å². The minimum absolute atomic E-state index is 0.221. The molecular weight excluding hydrogens is 352 g/mol. The summed E-state index contributed by atoms with van der Waals surface area (Å²) in [6, 6.07) is 7.77. The van der Waals surface area contributed by atoms with E-state index in [-0.39, 0.29) is 12.1 Å². The van der Waals surface area contributed by atoms with Crippen molar-refractivity contribution in [1.29, 1.82) is 0 Å². The van der Waals surface area contributed by atoms with Gasteiger partial charge < -0.3 is 14.6 Å². The van der Waals surface area contributed by atoms with E-state index in [1.165, 1.54) is 39.2 Å². The largest absolute Gasteiger partial charge is 0.493 e. The van der Waals surface area contributed by atoms with Crippen LogP contribution < -0.4 is 4.74 Å². The molecule has 0 bridgehead atoms. The number of methoxy groups -OCH3 is 1. The Bertz CT molecular complexity index is 592. The predicted molar refractivity (Wildman–Crippen MR) is 115 cm³/mol. The maximum atomic E-state index is 11.1. The standard InChI is InChI=1S/C24H36O4/c1-3-4-5-6-7-8-16-22(25)17-11-9-14-21-15-10-12-18-23(21)28-20-13-19-24(26)27-2/h9-12,14-15,17-18,22,25H,3-8,13,16,19-20H2,1-2H3/b14-9+,17-11+/t22-/m0/s1. The van der Waals surface area contributed by atoms with Gasteiger partial charge in [-0.25, -0.2) is 0 Å². The number of hydrogen-bond donors (Lipinski definition) is 1. The summed E-state index contributed by atoms with van der Waals surface area (Å²) >= 11 is 0. The van der Waals surface area contributed by atoms with Crippen LogP contribution in [0.5, 0.6) is 5.75 Å². The van der Waals surface area contributed by atoms with E-state index in [2.05, 4.69) is 11.7 Å². The molecule has 0 radical (unpaired) electrons. The van der Waals surface area contributed by atoms with Crippen molar-refractivity contribution in [1.82, 2.24) is 0 Å². The number of aliphatic hydroxyl groups excluding tert-OH is 1. The number of aliphatic hydroxyl groups is 1. The molecule has 0 aromatic heterocycles. The Morgan fingerprint density at radius 1 is 1.07 bits per heavy atom. The molecule has 0 aliphatic carbocycles. The summed E-state index contributed by atoms with van der Waals surface area (Å²) in [4.78, 5) is 11.1. The van der Waals surface area contributed by atoms with Gasteiger partial charge in [0.05, 0.1) is 19.8 Å². The zero-order valence-electron chi connectivity index (χ0n) is 17.4. The number of hydrogen-bond acceptors (Lipinski definition) is 4. The molecule has 1 aromatic rings. The van der Waals surface area contributed by atoms with E-state index >= 15 is 0 Å². The lowest BCUT2D eigenvalue weighted by Gasteiger charge is -2.08. The topological polar surface area (TPSA) is 55.8 Å². The minimum atomic E-state index is -0.388. The molecule has 0 heterocycles. The lowest BCUT2D eigenvalue weighted by Crippen LogP contribution is -2.05. The third kappa shape index (κ3) is 11.6. The molecule has 0 amide bonds. The van der Waals surface area contributed by atoms with Crippen molar-refractivity contribution < 1.29 is 19.4 Å². The number of carbonyl (C=O) groups is 1. The average molecular weight is 389 g/mol. The third-order valence-electron chi connectivity index (χ3n) is 4.50. The molecule has 0 spiro atoms. The van der Waals surface area contributed by atoms with Crippen molar-refractivity contribution in [3.05, 3.63) is 48.1 Å². The first kappa shape index (κ1) is 24.0. The predicted octanol–water partition coefficient (Wildman–Crippen LogP) is 5.70. The van der Waals surface area contributed by atoms with Gasteiger partial charge in [-0.1, -0.05) is 88.0 Å². The number of rotatable bonds is 15. The zero-order chi connectivity index (χ0) is 20.5. The third-order valence-corrected chi connectivity index (χ3v) is 4.50. The minimum Gasteiger partial charge on any atom is -0.493 e. The molecule has 0 saturated carbocycles. The Morgan fingerprint density at radius 2 is 1.82 bits per heavy atom.